The van der Waals surface area contributed by atoms with E-state index in [0.29, 0.717) is 19.6 Å². The molecule has 1 saturated heterocycles. The predicted octanol–water partition coefficient (Wildman–Crippen LogP) is 2.69. The average Bonchev–Trinajstić information content (AvgIpc) is 3.32. The van der Waals surface area contributed by atoms with E-state index in [9.17, 15) is 14.0 Å². The van der Waals surface area contributed by atoms with Crippen molar-refractivity contribution in [2.45, 2.75) is 38.5 Å². The Morgan fingerprint density at radius 2 is 2.08 bits per heavy atom. The summed E-state index contributed by atoms with van der Waals surface area (Å²) < 4.78 is 13.6. The van der Waals surface area contributed by atoms with Crippen LogP contribution < -0.4 is 5.32 Å². The Balaban J connectivity index is 1.76. The Morgan fingerprint density at radius 3 is 2.75 bits per heavy atom. The predicted molar refractivity (Wildman–Crippen MR) is 89.9 cm³/mol. The highest BCUT2D eigenvalue weighted by Gasteiger charge is 2.43. The summed E-state index contributed by atoms with van der Waals surface area (Å²) in [5, 5.41) is 2.97. The highest BCUT2D eigenvalue weighted by molar-refractivity contribution is 5.85. The molecule has 0 radical (unpaired) electrons. The highest BCUT2D eigenvalue weighted by Crippen LogP contribution is 2.38. The van der Waals surface area contributed by atoms with E-state index in [0.717, 1.165) is 31.2 Å². The van der Waals surface area contributed by atoms with Gasteiger partial charge in [0.2, 0.25) is 11.8 Å². The van der Waals surface area contributed by atoms with Crippen molar-refractivity contribution >= 4 is 11.8 Å². The first-order valence-electron chi connectivity index (χ1n) is 8.92. The first-order chi connectivity index (χ1) is 11.6. The summed E-state index contributed by atoms with van der Waals surface area (Å²) in [6.45, 7) is 3.67. The van der Waals surface area contributed by atoms with Gasteiger partial charge in [-0.3, -0.25) is 9.59 Å². The second-order valence-electron chi connectivity index (χ2n) is 6.93. The zero-order valence-electron chi connectivity index (χ0n) is 14.1. The van der Waals surface area contributed by atoms with E-state index < -0.39 is 0 Å². The molecule has 130 valence electrons. The molecule has 2 aliphatic rings. The quantitative estimate of drug-likeness (QED) is 0.814. The van der Waals surface area contributed by atoms with E-state index in [1.165, 1.54) is 12.1 Å². The molecule has 24 heavy (non-hydrogen) atoms. The molecule has 1 aromatic rings. The fourth-order valence-corrected chi connectivity index (χ4v) is 3.43. The number of hydrogen-bond donors (Lipinski definition) is 1. The van der Waals surface area contributed by atoms with E-state index in [4.69, 9.17) is 0 Å². The maximum atomic E-state index is 13.6. The van der Waals surface area contributed by atoms with Gasteiger partial charge in [-0.25, -0.2) is 4.39 Å². The first-order valence-corrected chi connectivity index (χ1v) is 8.92. The average molecular weight is 332 g/mol. The normalized spacial score (nSPS) is 23.3. The number of nitrogens with zero attached hydrogens (tertiary/aromatic N) is 1. The van der Waals surface area contributed by atoms with Crippen LogP contribution in [0.4, 0.5) is 4.39 Å². The van der Waals surface area contributed by atoms with Crippen LogP contribution >= 0.6 is 0 Å². The maximum Gasteiger partial charge on any atom is 0.225 e. The largest absolute Gasteiger partial charge is 0.356 e. The van der Waals surface area contributed by atoms with Crippen molar-refractivity contribution in [3.05, 3.63) is 35.6 Å². The molecule has 2 fully saturated rings. The summed E-state index contributed by atoms with van der Waals surface area (Å²) >= 11 is 0. The Bertz CT molecular complexity index is 615. The summed E-state index contributed by atoms with van der Waals surface area (Å²) in [6, 6.07) is 6.41. The van der Waals surface area contributed by atoms with Crippen LogP contribution in [0, 0.1) is 17.7 Å². The first kappa shape index (κ1) is 16.9. The van der Waals surface area contributed by atoms with Crippen LogP contribution in [0.5, 0.6) is 0 Å². The zero-order valence-corrected chi connectivity index (χ0v) is 14.1. The van der Waals surface area contributed by atoms with Crippen molar-refractivity contribution in [1.29, 1.82) is 0 Å². The van der Waals surface area contributed by atoms with Crippen molar-refractivity contribution in [2.24, 2.45) is 11.8 Å². The second kappa shape index (κ2) is 7.32. The standard InChI is InChI=1S/C19H25FN2O2/c1-2-3-9-21-18(23)17-12-22(19(24)13-7-8-13)11-16(17)14-5-4-6-15(20)10-14/h4-6,10,13,16-17H,2-3,7-9,11-12H2,1H3,(H,21,23)/t16-,17+/m0/s1. The summed E-state index contributed by atoms with van der Waals surface area (Å²) in [5.41, 5.74) is 0.803. The topological polar surface area (TPSA) is 49.4 Å². The lowest BCUT2D eigenvalue weighted by Gasteiger charge is -2.18. The molecule has 1 N–H and O–H groups in total. The Labute approximate surface area is 142 Å². The molecule has 0 spiro atoms. The zero-order chi connectivity index (χ0) is 17.1. The number of rotatable bonds is 6. The molecular formula is C19H25FN2O2. The lowest BCUT2D eigenvalue weighted by atomic mass is 9.88. The number of amides is 2. The van der Waals surface area contributed by atoms with Crippen LogP contribution in [0.1, 0.15) is 44.1 Å². The molecule has 1 aliphatic carbocycles. The van der Waals surface area contributed by atoms with Crippen molar-refractivity contribution in [3.8, 4) is 0 Å². The van der Waals surface area contributed by atoms with Crippen LogP contribution in [0.3, 0.4) is 0 Å². The number of nitrogens with one attached hydrogen (secondary N) is 1. The van der Waals surface area contributed by atoms with E-state index in [2.05, 4.69) is 12.2 Å². The number of hydrogen-bond acceptors (Lipinski definition) is 2. The number of benzene rings is 1. The molecule has 0 unspecified atom stereocenters. The molecular weight excluding hydrogens is 307 g/mol. The van der Waals surface area contributed by atoms with Gasteiger partial charge in [0.25, 0.3) is 0 Å². The molecule has 4 nitrogen and oxygen atoms in total. The van der Waals surface area contributed by atoms with Gasteiger partial charge in [0.15, 0.2) is 0 Å². The Hall–Kier alpha value is -1.91. The number of carbonyl (C=O) groups is 2. The molecule has 1 heterocycles. The molecule has 1 aliphatic heterocycles. The second-order valence-corrected chi connectivity index (χ2v) is 6.93. The maximum absolute atomic E-state index is 13.6. The number of unbranched alkanes of at least 4 members (excludes halogenated alkanes) is 1. The number of halogens is 1. The van der Waals surface area contributed by atoms with Crippen molar-refractivity contribution in [3.63, 3.8) is 0 Å². The molecule has 3 rings (SSSR count). The minimum atomic E-state index is -0.301. The monoisotopic (exact) mass is 332 g/mol. The smallest absolute Gasteiger partial charge is 0.225 e. The number of carbonyl (C=O) groups excluding carboxylic acids is 2. The van der Waals surface area contributed by atoms with Gasteiger partial charge in [0.1, 0.15) is 5.82 Å². The van der Waals surface area contributed by atoms with Crippen LogP contribution in [0.25, 0.3) is 0 Å². The van der Waals surface area contributed by atoms with Crippen molar-refractivity contribution < 1.29 is 14.0 Å². The van der Waals surface area contributed by atoms with E-state index >= 15 is 0 Å². The fourth-order valence-electron chi connectivity index (χ4n) is 3.43. The summed E-state index contributed by atoms with van der Waals surface area (Å²) in [7, 11) is 0. The third-order valence-corrected chi connectivity index (χ3v) is 5.00. The van der Waals surface area contributed by atoms with Crippen molar-refractivity contribution in [1.82, 2.24) is 10.2 Å². The molecule has 2 amide bonds. The van der Waals surface area contributed by atoms with Crippen LogP contribution in [-0.4, -0.2) is 36.3 Å². The summed E-state index contributed by atoms with van der Waals surface area (Å²) in [5.74, 6) is -0.467. The van der Waals surface area contributed by atoms with Gasteiger partial charge < -0.3 is 10.2 Å². The van der Waals surface area contributed by atoms with E-state index in [1.807, 2.05) is 6.07 Å². The van der Waals surface area contributed by atoms with Gasteiger partial charge >= 0.3 is 0 Å². The fraction of sp³-hybridized carbons (Fsp3) is 0.579. The molecule has 2 atom stereocenters. The third-order valence-electron chi connectivity index (χ3n) is 5.00. The molecule has 5 heteroatoms. The summed E-state index contributed by atoms with van der Waals surface area (Å²) in [4.78, 5) is 26.8. The number of likely N-dealkylation sites (tertiary alicyclic amines) is 1. The van der Waals surface area contributed by atoms with Crippen LogP contribution in [0.2, 0.25) is 0 Å². The van der Waals surface area contributed by atoms with Crippen molar-refractivity contribution in [2.75, 3.05) is 19.6 Å². The third kappa shape index (κ3) is 3.77. The molecule has 1 saturated carbocycles. The van der Waals surface area contributed by atoms with Crippen LogP contribution in [-0.2, 0) is 9.59 Å². The SMILES string of the molecule is CCCCNC(=O)[C@@H]1CN(C(=O)C2CC2)C[C@H]1c1cccc(F)c1. The van der Waals surface area contributed by atoms with Gasteiger partial charge in [-0.1, -0.05) is 25.5 Å². The summed E-state index contributed by atoms with van der Waals surface area (Å²) in [6.07, 6.45) is 3.86. The lowest BCUT2D eigenvalue weighted by Crippen LogP contribution is -2.36. The van der Waals surface area contributed by atoms with E-state index in [-0.39, 0.29) is 35.4 Å². The highest BCUT2D eigenvalue weighted by atomic mass is 19.1. The van der Waals surface area contributed by atoms with Gasteiger partial charge in [-0.2, -0.15) is 0 Å². The van der Waals surface area contributed by atoms with Gasteiger partial charge in [-0.05, 0) is 37.0 Å². The van der Waals surface area contributed by atoms with Gasteiger partial charge in [0.05, 0.1) is 5.92 Å². The Morgan fingerprint density at radius 1 is 1.29 bits per heavy atom. The lowest BCUT2D eigenvalue weighted by molar-refractivity contribution is -0.132. The minimum absolute atomic E-state index is 0.0243. The van der Waals surface area contributed by atoms with E-state index in [1.54, 1.807) is 11.0 Å². The van der Waals surface area contributed by atoms with Gasteiger partial charge in [-0.15, -0.1) is 0 Å². The molecule has 0 bridgehead atoms. The molecule has 0 aromatic heterocycles. The minimum Gasteiger partial charge on any atom is -0.356 e. The Kier molecular flexibility index (Phi) is 5.17. The van der Waals surface area contributed by atoms with Crippen LogP contribution in [0.15, 0.2) is 24.3 Å². The van der Waals surface area contributed by atoms with Gasteiger partial charge in [0, 0.05) is 31.5 Å². The molecule has 1 aromatic carbocycles.